The van der Waals surface area contributed by atoms with Gasteiger partial charge in [0.05, 0.1) is 13.2 Å². The molecule has 2 nitrogen and oxygen atoms in total. The van der Waals surface area contributed by atoms with Crippen LogP contribution in [0.4, 0.5) is 0 Å². The largest absolute Gasteiger partial charge is 0.350 e. The molecule has 0 aromatic heterocycles. The van der Waals surface area contributed by atoms with E-state index in [0.717, 1.165) is 13.2 Å². The van der Waals surface area contributed by atoms with Gasteiger partial charge >= 0.3 is 0 Å². The molecule has 1 aromatic rings. The van der Waals surface area contributed by atoms with E-state index in [2.05, 4.69) is 50.3 Å². The summed E-state index contributed by atoms with van der Waals surface area (Å²) in [6.45, 7) is 9.79. The molecule has 2 rings (SSSR count). The highest BCUT2D eigenvalue weighted by atomic mass is 16.7. The topological polar surface area (TPSA) is 18.5 Å². The fraction of sp³-hybridized carbons (Fsp3) is 0.529. The van der Waals surface area contributed by atoms with Crippen molar-refractivity contribution in [1.29, 1.82) is 0 Å². The maximum Gasteiger partial charge on any atom is 0.162 e. The van der Waals surface area contributed by atoms with Crippen LogP contribution in [-0.2, 0) is 9.47 Å². The number of hydrogen-bond acceptors (Lipinski definition) is 2. The van der Waals surface area contributed by atoms with Crippen LogP contribution in [0, 0.1) is 5.92 Å². The summed E-state index contributed by atoms with van der Waals surface area (Å²) in [5, 5.41) is 0. The van der Waals surface area contributed by atoms with Gasteiger partial charge in [0.15, 0.2) is 5.79 Å². The first kappa shape index (κ1) is 14.3. The average Bonchev–Trinajstić information content (AvgIpc) is 2.38. The highest BCUT2D eigenvalue weighted by Gasteiger charge is 2.26. The third-order valence-corrected chi connectivity index (χ3v) is 3.45. The Morgan fingerprint density at radius 2 is 1.68 bits per heavy atom. The van der Waals surface area contributed by atoms with Crippen LogP contribution >= 0.6 is 0 Å². The summed E-state index contributed by atoms with van der Waals surface area (Å²) >= 11 is 0. The molecule has 2 heteroatoms. The second kappa shape index (κ2) is 5.89. The maximum atomic E-state index is 5.64. The van der Waals surface area contributed by atoms with Gasteiger partial charge in [-0.25, -0.2) is 0 Å². The van der Waals surface area contributed by atoms with Gasteiger partial charge < -0.3 is 9.47 Å². The lowest BCUT2D eigenvalue weighted by atomic mass is 10.0. The first-order chi connectivity index (χ1) is 8.96. The van der Waals surface area contributed by atoms with E-state index < -0.39 is 5.79 Å². The highest BCUT2D eigenvalue weighted by Crippen LogP contribution is 2.22. The average molecular weight is 260 g/mol. The molecule has 0 radical (unpaired) electrons. The van der Waals surface area contributed by atoms with Crippen molar-refractivity contribution in [3.05, 3.63) is 41.5 Å². The lowest BCUT2D eigenvalue weighted by Gasteiger charge is -2.33. The molecule has 0 aliphatic carbocycles. The molecule has 1 aliphatic rings. The van der Waals surface area contributed by atoms with Crippen molar-refractivity contribution in [1.82, 2.24) is 0 Å². The molecular weight excluding hydrogens is 236 g/mol. The second-order valence-electron chi connectivity index (χ2n) is 5.96. The zero-order valence-electron chi connectivity index (χ0n) is 12.3. The van der Waals surface area contributed by atoms with E-state index in [1.807, 2.05) is 13.8 Å². The monoisotopic (exact) mass is 260 g/mol. The van der Waals surface area contributed by atoms with Crippen LogP contribution in [0.15, 0.2) is 30.3 Å². The molecule has 0 saturated carbocycles. The molecule has 1 heterocycles. The van der Waals surface area contributed by atoms with E-state index in [1.165, 1.54) is 11.1 Å². The van der Waals surface area contributed by atoms with E-state index in [4.69, 9.17) is 9.47 Å². The third kappa shape index (κ3) is 4.19. The van der Waals surface area contributed by atoms with Gasteiger partial charge in [-0.05, 0) is 30.9 Å². The van der Waals surface area contributed by atoms with Crippen molar-refractivity contribution in [3.63, 3.8) is 0 Å². The standard InChI is InChI=1S/C17H24O2/c1-13(2)16-9-7-14(8-10-16)5-6-15-11-18-17(3,4)19-12-15/h5-10,13,15H,11-12H2,1-4H3. The molecule has 19 heavy (non-hydrogen) atoms. The zero-order valence-corrected chi connectivity index (χ0v) is 12.3. The van der Waals surface area contributed by atoms with E-state index >= 15 is 0 Å². The summed E-state index contributed by atoms with van der Waals surface area (Å²) in [4.78, 5) is 0. The minimum atomic E-state index is -0.427. The van der Waals surface area contributed by atoms with Gasteiger partial charge in [-0.2, -0.15) is 0 Å². The smallest absolute Gasteiger partial charge is 0.162 e. The summed E-state index contributed by atoms with van der Waals surface area (Å²) in [5.74, 6) is 0.502. The van der Waals surface area contributed by atoms with Gasteiger partial charge in [0.25, 0.3) is 0 Å². The van der Waals surface area contributed by atoms with Crippen LogP contribution in [0.5, 0.6) is 0 Å². The van der Waals surface area contributed by atoms with Gasteiger partial charge in [0.2, 0.25) is 0 Å². The highest BCUT2D eigenvalue weighted by molar-refractivity contribution is 5.50. The Morgan fingerprint density at radius 1 is 1.11 bits per heavy atom. The second-order valence-corrected chi connectivity index (χ2v) is 5.96. The normalized spacial score (nSPS) is 20.3. The lowest BCUT2D eigenvalue weighted by molar-refractivity contribution is -0.256. The summed E-state index contributed by atoms with van der Waals surface area (Å²) < 4.78 is 11.3. The molecule has 1 fully saturated rings. The molecule has 1 saturated heterocycles. The van der Waals surface area contributed by atoms with Gasteiger partial charge in [-0.1, -0.05) is 50.3 Å². The van der Waals surface area contributed by atoms with Crippen molar-refractivity contribution in [2.75, 3.05) is 13.2 Å². The van der Waals surface area contributed by atoms with E-state index in [-0.39, 0.29) is 0 Å². The zero-order chi connectivity index (χ0) is 13.9. The quantitative estimate of drug-likeness (QED) is 0.810. The van der Waals surface area contributed by atoms with E-state index in [0.29, 0.717) is 11.8 Å². The fourth-order valence-corrected chi connectivity index (χ4v) is 2.06. The van der Waals surface area contributed by atoms with Crippen molar-refractivity contribution < 1.29 is 9.47 Å². The first-order valence-corrected chi connectivity index (χ1v) is 7.02. The molecule has 0 spiro atoms. The van der Waals surface area contributed by atoms with Crippen molar-refractivity contribution in [3.8, 4) is 0 Å². The van der Waals surface area contributed by atoms with Crippen LogP contribution < -0.4 is 0 Å². The summed E-state index contributed by atoms with van der Waals surface area (Å²) in [6, 6.07) is 8.73. The molecule has 1 aromatic carbocycles. The Labute approximate surface area is 116 Å². The Kier molecular flexibility index (Phi) is 4.43. The predicted molar refractivity (Wildman–Crippen MR) is 79.0 cm³/mol. The van der Waals surface area contributed by atoms with Crippen molar-refractivity contribution in [2.45, 2.75) is 39.4 Å². The van der Waals surface area contributed by atoms with Crippen LogP contribution in [0.1, 0.15) is 44.7 Å². The lowest BCUT2D eigenvalue weighted by Crippen LogP contribution is -2.38. The molecule has 0 bridgehead atoms. The summed E-state index contributed by atoms with van der Waals surface area (Å²) in [6.07, 6.45) is 4.33. The van der Waals surface area contributed by atoms with Gasteiger partial charge in [-0.3, -0.25) is 0 Å². The fourth-order valence-electron chi connectivity index (χ4n) is 2.06. The van der Waals surface area contributed by atoms with Crippen LogP contribution in [0.25, 0.3) is 6.08 Å². The Morgan fingerprint density at radius 3 is 2.21 bits per heavy atom. The molecule has 0 unspecified atom stereocenters. The molecule has 1 aliphatic heterocycles. The molecule has 0 N–H and O–H groups in total. The number of hydrogen-bond donors (Lipinski definition) is 0. The van der Waals surface area contributed by atoms with Gasteiger partial charge in [0.1, 0.15) is 0 Å². The van der Waals surface area contributed by atoms with Crippen LogP contribution in [-0.4, -0.2) is 19.0 Å². The van der Waals surface area contributed by atoms with Crippen LogP contribution in [0.3, 0.4) is 0 Å². The minimum absolute atomic E-state index is 0.345. The van der Waals surface area contributed by atoms with Gasteiger partial charge in [-0.15, -0.1) is 0 Å². The SMILES string of the molecule is CC(C)c1ccc(C=CC2COC(C)(C)OC2)cc1. The molecule has 0 amide bonds. The van der Waals surface area contributed by atoms with E-state index in [1.54, 1.807) is 0 Å². The first-order valence-electron chi connectivity index (χ1n) is 7.02. The van der Waals surface area contributed by atoms with Crippen molar-refractivity contribution >= 4 is 6.08 Å². The molecular formula is C17H24O2. The number of rotatable bonds is 3. The third-order valence-electron chi connectivity index (χ3n) is 3.45. The number of benzene rings is 1. The Bertz CT molecular complexity index is 419. The van der Waals surface area contributed by atoms with Crippen LogP contribution in [0.2, 0.25) is 0 Å². The predicted octanol–water partition coefficient (Wildman–Crippen LogP) is 4.22. The van der Waals surface area contributed by atoms with Crippen molar-refractivity contribution in [2.24, 2.45) is 5.92 Å². The number of ether oxygens (including phenoxy) is 2. The molecule has 0 atom stereocenters. The molecule has 104 valence electrons. The maximum absolute atomic E-state index is 5.64. The minimum Gasteiger partial charge on any atom is -0.350 e. The summed E-state index contributed by atoms with van der Waals surface area (Å²) in [7, 11) is 0. The Hall–Kier alpha value is -1.12. The van der Waals surface area contributed by atoms with Gasteiger partial charge in [0, 0.05) is 5.92 Å². The van der Waals surface area contributed by atoms with E-state index in [9.17, 15) is 0 Å². The summed E-state index contributed by atoms with van der Waals surface area (Å²) in [5.41, 5.74) is 2.61. The Balaban J connectivity index is 1.92.